The molecule has 0 spiro atoms. The molecule has 2 amide bonds. The van der Waals surface area contributed by atoms with Crippen LogP contribution in [0.15, 0.2) is 83.8 Å². The number of sulfonamides is 1. The van der Waals surface area contributed by atoms with Gasteiger partial charge in [0.15, 0.2) is 11.5 Å². The van der Waals surface area contributed by atoms with Gasteiger partial charge in [0, 0.05) is 38.5 Å². The summed E-state index contributed by atoms with van der Waals surface area (Å²) < 4.78 is 39.9. The Kier molecular flexibility index (Phi) is 12.8. The molecule has 11 nitrogen and oxygen atoms in total. The molecule has 0 aromatic heterocycles. The van der Waals surface area contributed by atoms with Gasteiger partial charge in [-0.05, 0) is 35.6 Å². The zero-order valence-electron chi connectivity index (χ0n) is 26.7. The van der Waals surface area contributed by atoms with E-state index in [-0.39, 0.29) is 56.5 Å². The number of hydrogen-bond donors (Lipinski definition) is 3. The summed E-state index contributed by atoms with van der Waals surface area (Å²) in [4.78, 5) is 26.8. The summed E-state index contributed by atoms with van der Waals surface area (Å²) in [5.74, 6) is 2.09. The van der Waals surface area contributed by atoms with Crippen LogP contribution < -0.4 is 20.2 Å². The Hall–Kier alpha value is -4.41. The number of aliphatic hydroxyl groups excluding tert-OH is 1. The molecule has 12 heteroatoms. The fraction of sp³-hybridized carbons (Fsp3) is 0.371. The van der Waals surface area contributed by atoms with Crippen LogP contribution in [0.5, 0.6) is 11.5 Å². The number of fused-ring (bicyclic) bond motifs is 1. The molecule has 3 aromatic rings. The molecule has 4 rings (SSSR count). The normalized spacial score (nSPS) is 13.6. The highest BCUT2D eigenvalue weighted by atomic mass is 32.2. The Morgan fingerprint density at radius 1 is 0.957 bits per heavy atom. The third-order valence-corrected chi connectivity index (χ3v) is 9.29. The standard InChI is InChI=1S/C35H42N4O7S/c1-4-5-16-35(42)39(37-34(41)22-36-21-28-14-10-7-11-15-28)30(19-27-12-8-6-9-13-27)31(40)24-38(23-26(2)3)47(43,44)29-17-18-32-33(20-29)46-25-45-32/h1,6-15,17-18,20,26,30-31,36,40H,5,16,19,21-25H2,2-3H3,(H,37,41)/t30-,31+/m0/s1. The first kappa shape index (κ1) is 35.4. The van der Waals surface area contributed by atoms with E-state index in [1.807, 2.05) is 74.5 Å². The predicted octanol–water partition coefficient (Wildman–Crippen LogP) is 3.10. The van der Waals surface area contributed by atoms with E-state index < -0.39 is 34.0 Å². The molecule has 47 heavy (non-hydrogen) atoms. The fourth-order valence-electron chi connectivity index (χ4n) is 5.17. The number of hydrogen-bond acceptors (Lipinski definition) is 8. The first-order chi connectivity index (χ1) is 22.6. The second-order valence-corrected chi connectivity index (χ2v) is 13.6. The van der Waals surface area contributed by atoms with Gasteiger partial charge >= 0.3 is 0 Å². The molecule has 1 heterocycles. The third-order valence-electron chi connectivity index (χ3n) is 7.46. The molecule has 250 valence electrons. The zero-order valence-corrected chi connectivity index (χ0v) is 27.5. The monoisotopic (exact) mass is 662 g/mol. The van der Waals surface area contributed by atoms with Crippen LogP contribution in [-0.2, 0) is 32.6 Å². The lowest BCUT2D eigenvalue weighted by molar-refractivity contribution is -0.147. The first-order valence-electron chi connectivity index (χ1n) is 15.5. The zero-order chi connectivity index (χ0) is 33.8. The second-order valence-electron chi connectivity index (χ2n) is 11.6. The van der Waals surface area contributed by atoms with Crippen LogP contribution >= 0.6 is 0 Å². The number of carbonyl (C=O) groups excluding carboxylic acids is 2. The van der Waals surface area contributed by atoms with Gasteiger partial charge in [-0.3, -0.25) is 15.0 Å². The third kappa shape index (κ3) is 10.0. The molecule has 0 bridgehead atoms. The van der Waals surface area contributed by atoms with Crippen LogP contribution in [0.1, 0.15) is 37.8 Å². The summed E-state index contributed by atoms with van der Waals surface area (Å²) in [5, 5.41) is 16.0. The highest BCUT2D eigenvalue weighted by molar-refractivity contribution is 7.89. The number of ether oxygens (including phenoxy) is 2. The van der Waals surface area contributed by atoms with Gasteiger partial charge in [0.05, 0.1) is 23.6 Å². The number of nitrogens with one attached hydrogen (secondary N) is 2. The number of nitrogens with zero attached hydrogens (tertiary/aromatic N) is 2. The van der Waals surface area contributed by atoms with E-state index in [9.17, 15) is 23.1 Å². The van der Waals surface area contributed by atoms with E-state index in [1.54, 1.807) is 0 Å². The Labute approximate surface area is 276 Å². The molecule has 3 N–H and O–H groups in total. The summed E-state index contributed by atoms with van der Waals surface area (Å²) in [7, 11) is -4.13. The maximum absolute atomic E-state index is 14.0. The van der Waals surface area contributed by atoms with Crippen LogP contribution in [-0.4, -0.2) is 73.2 Å². The van der Waals surface area contributed by atoms with Gasteiger partial charge in [0.1, 0.15) is 0 Å². The van der Waals surface area contributed by atoms with Crippen molar-refractivity contribution >= 4 is 21.8 Å². The molecule has 0 aliphatic carbocycles. The van der Waals surface area contributed by atoms with E-state index in [0.29, 0.717) is 18.0 Å². The average molecular weight is 663 g/mol. The number of amides is 2. The van der Waals surface area contributed by atoms with E-state index in [2.05, 4.69) is 16.7 Å². The van der Waals surface area contributed by atoms with Gasteiger partial charge in [0.2, 0.25) is 22.7 Å². The van der Waals surface area contributed by atoms with Crippen molar-refractivity contribution in [2.45, 2.75) is 56.7 Å². The smallest absolute Gasteiger partial charge is 0.252 e. The molecule has 1 aliphatic heterocycles. The van der Waals surface area contributed by atoms with Crippen LogP contribution in [0, 0.1) is 18.3 Å². The van der Waals surface area contributed by atoms with E-state index >= 15 is 0 Å². The van der Waals surface area contributed by atoms with Gasteiger partial charge in [-0.25, -0.2) is 13.4 Å². The highest BCUT2D eigenvalue weighted by Crippen LogP contribution is 2.35. The predicted molar refractivity (Wildman–Crippen MR) is 177 cm³/mol. The minimum Gasteiger partial charge on any atom is -0.454 e. The molecular weight excluding hydrogens is 620 g/mol. The summed E-state index contributed by atoms with van der Waals surface area (Å²) >= 11 is 0. The van der Waals surface area contributed by atoms with E-state index in [1.165, 1.54) is 22.5 Å². The summed E-state index contributed by atoms with van der Waals surface area (Å²) in [6.45, 7) is 3.78. The largest absolute Gasteiger partial charge is 0.454 e. The number of carbonyl (C=O) groups is 2. The molecule has 0 unspecified atom stereocenters. The lowest BCUT2D eigenvalue weighted by Gasteiger charge is -2.37. The summed E-state index contributed by atoms with van der Waals surface area (Å²) in [6, 6.07) is 22.0. The number of benzene rings is 3. The summed E-state index contributed by atoms with van der Waals surface area (Å²) in [6.07, 6.45) is 4.19. The van der Waals surface area contributed by atoms with Crippen molar-refractivity contribution in [2.75, 3.05) is 26.4 Å². The number of aliphatic hydroxyl groups is 1. The van der Waals surface area contributed by atoms with Gasteiger partial charge in [-0.1, -0.05) is 74.5 Å². The van der Waals surface area contributed by atoms with Crippen molar-refractivity contribution in [3.8, 4) is 23.8 Å². The Morgan fingerprint density at radius 3 is 2.28 bits per heavy atom. The maximum atomic E-state index is 14.0. The van der Waals surface area contributed by atoms with Gasteiger partial charge in [-0.15, -0.1) is 12.3 Å². The van der Waals surface area contributed by atoms with E-state index in [4.69, 9.17) is 15.9 Å². The van der Waals surface area contributed by atoms with Crippen molar-refractivity contribution in [3.05, 3.63) is 90.0 Å². The number of hydrazine groups is 1. The fourth-order valence-corrected chi connectivity index (χ4v) is 6.81. The summed E-state index contributed by atoms with van der Waals surface area (Å²) in [5.41, 5.74) is 4.44. The van der Waals surface area contributed by atoms with Gasteiger partial charge in [0.25, 0.3) is 5.91 Å². The lowest BCUT2D eigenvalue weighted by atomic mass is 9.99. The Bertz CT molecular complexity index is 1630. The van der Waals surface area contributed by atoms with Gasteiger partial charge in [-0.2, -0.15) is 4.31 Å². The van der Waals surface area contributed by atoms with Crippen molar-refractivity contribution in [3.63, 3.8) is 0 Å². The van der Waals surface area contributed by atoms with Crippen molar-refractivity contribution in [1.29, 1.82) is 0 Å². The number of rotatable bonds is 16. The molecule has 0 saturated heterocycles. The minimum atomic E-state index is -4.13. The molecule has 3 aromatic carbocycles. The van der Waals surface area contributed by atoms with Gasteiger partial charge < -0.3 is 19.9 Å². The molecule has 0 fully saturated rings. The molecule has 0 radical (unpaired) electrons. The van der Waals surface area contributed by atoms with Crippen molar-refractivity contribution in [2.24, 2.45) is 5.92 Å². The van der Waals surface area contributed by atoms with Crippen LogP contribution in [0.3, 0.4) is 0 Å². The highest BCUT2D eigenvalue weighted by Gasteiger charge is 2.36. The quantitative estimate of drug-likeness (QED) is 0.157. The number of terminal acetylenes is 1. The molecule has 1 aliphatic rings. The van der Waals surface area contributed by atoms with Crippen molar-refractivity contribution in [1.82, 2.24) is 20.1 Å². The molecular formula is C35H42N4O7S. The Morgan fingerprint density at radius 2 is 1.62 bits per heavy atom. The first-order valence-corrected chi connectivity index (χ1v) is 16.9. The average Bonchev–Trinajstić information content (AvgIpc) is 3.54. The SMILES string of the molecule is C#CCCC(=O)N(NC(=O)CNCc1ccccc1)[C@@H](Cc1ccccc1)[C@H](O)CN(CC(C)C)S(=O)(=O)c1ccc2c(c1)OCO2. The second kappa shape index (κ2) is 16.9. The lowest BCUT2D eigenvalue weighted by Crippen LogP contribution is -2.60. The topological polar surface area (TPSA) is 138 Å². The molecule has 0 saturated carbocycles. The maximum Gasteiger partial charge on any atom is 0.252 e. The van der Waals surface area contributed by atoms with E-state index in [0.717, 1.165) is 16.1 Å². The minimum absolute atomic E-state index is 0.00847. The van der Waals surface area contributed by atoms with Crippen LogP contribution in [0.4, 0.5) is 0 Å². The van der Waals surface area contributed by atoms with Crippen molar-refractivity contribution < 1.29 is 32.6 Å². The molecule has 2 atom stereocenters. The van der Waals surface area contributed by atoms with Crippen LogP contribution in [0.2, 0.25) is 0 Å². The Balaban J connectivity index is 1.61. The van der Waals surface area contributed by atoms with Crippen LogP contribution in [0.25, 0.3) is 0 Å².